The summed E-state index contributed by atoms with van der Waals surface area (Å²) in [4.78, 5) is 13.7. The Hall–Kier alpha value is -3.06. The zero-order valence-electron chi connectivity index (χ0n) is 9.78. The van der Waals surface area contributed by atoms with Crippen LogP contribution in [0.3, 0.4) is 0 Å². The number of aromatic hydroxyl groups is 1. The van der Waals surface area contributed by atoms with Crippen LogP contribution in [0, 0.1) is 10.1 Å². The van der Waals surface area contributed by atoms with Gasteiger partial charge in [-0.15, -0.1) is 0 Å². The number of non-ortho nitro benzene ring substituents is 1. The minimum atomic E-state index is -0.584. The van der Waals surface area contributed by atoms with E-state index in [0.29, 0.717) is 5.71 Å². The Morgan fingerprint density at radius 2 is 2.11 bits per heavy atom. The maximum absolute atomic E-state index is 10.6. The lowest BCUT2D eigenvalue weighted by molar-refractivity contribution is -0.384. The highest BCUT2D eigenvalue weighted by molar-refractivity contribution is 5.94. The van der Waals surface area contributed by atoms with Gasteiger partial charge in [0, 0.05) is 19.1 Å². The summed E-state index contributed by atoms with van der Waals surface area (Å²) in [6, 6.07) is 3.52. The third-order valence-corrected chi connectivity index (χ3v) is 2.39. The third-order valence-electron chi connectivity index (χ3n) is 2.39. The van der Waals surface area contributed by atoms with E-state index in [1.54, 1.807) is 6.92 Å². The first kappa shape index (κ1) is 12.4. The summed E-state index contributed by atoms with van der Waals surface area (Å²) in [5.41, 5.74) is 5.71. The number of aliphatic hydroxyl groups excluding tert-OH is 1. The molecule has 1 aliphatic rings. The normalized spacial score (nSPS) is 13.4. The van der Waals surface area contributed by atoms with Crippen molar-refractivity contribution in [3.8, 4) is 5.75 Å². The fourth-order valence-corrected chi connectivity index (χ4v) is 1.40. The highest BCUT2D eigenvalue weighted by Crippen LogP contribution is 2.27. The molecule has 0 fully saturated rings. The third kappa shape index (κ3) is 2.45. The molecular weight excluding hydrogens is 254 g/mol. The quantitative estimate of drug-likeness (QED) is 0.278. The van der Waals surface area contributed by atoms with E-state index >= 15 is 0 Å². The molecule has 0 amide bonds. The second-order valence-corrected chi connectivity index (χ2v) is 3.69. The maximum Gasteiger partial charge on any atom is 0.369 e. The largest absolute Gasteiger partial charge is 0.506 e. The van der Waals surface area contributed by atoms with Gasteiger partial charge < -0.3 is 10.2 Å². The summed E-state index contributed by atoms with van der Waals surface area (Å²) in [5.74, 6) is -0.488. The minimum Gasteiger partial charge on any atom is -0.506 e. The summed E-state index contributed by atoms with van der Waals surface area (Å²) in [5, 5.41) is 33.0. The van der Waals surface area contributed by atoms with Crippen molar-refractivity contribution in [1.29, 1.82) is 0 Å². The number of rotatable bonds is 4. The van der Waals surface area contributed by atoms with Crippen LogP contribution in [0.25, 0.3) is 0 Å². The van der Waals surface area contributed by atoms with Gasteiger partial charge in [0.2, 0.25) is 5.70 Å². The first-order valence-electron chi connectivity index (χ1n) is 5.17. The number of hydrogen-bond acceptors (Lipinski definition) is 7. The van der Waals surface area contributed by atoms with Gasteiger partial charge in [-0.3, -0.25) is 21.0 Å². The number of nitro benzene ring substituents is 1. The number of phenolic OH excluding ortho intramolecular Hbond substituents is 1. The van der Waals surface area contributed by atoms with Gasteiger partial charge >= 0.3 is 11.6 Å². The van der Waals surface area contributed by atoms with Crippen molar-refractivity contribution in [2.75, 3.05) is 5.43 Å². The molecule has 1 aliphatic heterocycles. The first-order chi connectivity index (χ1) is 8.99. The van der Waals surface area contributed by atoms with Gasteiger partial charge in [0.15, 0.2) is 5.11 Å². The Bertz CT molecular complexity index is 645. The number of phenols is 1. The van der Waals surface area contributed by atoms with Gasteiger partial charge in [-0.2, -0.15) is 0 Å². The number of nitrogens with one attached hydrogen (secondary N) is 2. The van der Waals surface area contributed by atoms with Crippen molar-refractivity contribution in [3.05, 3.63) is 39.9 Å². The van der Waals surface area contributed by atoms with Crippen LogP contribution in [0.1, 0.15) is 6.92 Å². The number of nitro groups is 1. The molecule has 4 N–H and O–H groups in total. The predicted octanol–water partition coefficient (Wildman–Crippen LogP) is 1.08. The number of allylic oxidation sites excluding steroid dienone is 1. The fourth-order valence-electron chi connectivity index (χ4n) is 1.40. The molecule has 9 heteroatoms. The van der Waals surface area contributed by atoms with Crippen LogP contribution in [0.15, 0.2) is 34.9 Å². The van der Waals surface area contributed by atoms with E-state index < -0.39 is 4.92 Å². The number of benzene rings is 1. The van der Waals surface area contributed by atoms with Gasteiger partial charge in [0.1, 0.15) is 11.4 Å². The SMILES string of the molecule is CC1=[N+]=NC(O)=C1NNc1cc([N+](=O)[O-])ccc1O. The van der Waals surface area contributed by atoms with Gasteiger partial charge in [0.25, 0.3) is 5.69 Å². The van der Waals surface area contributed by atoms with E-state index in [-0.39, 0.29) is 28.7 Å². The number of anilines is 1. The monoisotopic (exact) mass is 264 g/mol. The fraction of sp³-hybridized carbons (Fsp3) is 0.100. The maximum atomic E-state index is 10.6. The molecule has 0 saturated heterocycles. The zero-order valence-corrected chi connectivity index (χ0v) is 9.78. The van der Waals surface area contributed by atoms with E-state index in [1.807, 2.05) is 0 Å². The second kappa shape index (κ2) is 4.67. The topological polar surface area (TPSA) is 134 Å². The van der Waals surface area contributed by atoms with Gasteiger partial charge in [-0.25, -0.2) is 0 Å². The number of nitrogens with zero attached hydrogens (tertiary/aromatic N) is 3. The molecule has 0 aromatic heterocycles. The van der Waals surface area contributed by atoms with Crippen LogP contribution in [0.5, 0.6) is 5.75 Å². The van der Waals surface area contributed by atoms with Crippen molar-refractivity contribution < 1.29 is 19.9 Å². The molecule has 0 aliphatic carbocycles. The van der Waals surface area contributed by atoms with Gasteiger partial charge in [-0.05, 0) is 6.07 Å². The average molecular weight is 264 g/mol. The van der Waals surface area contributed by atoms with E-state index in [0.717, 1.165) is 6.07 Å². The summed E-state index contributed by atoms with van der Waals surface area (Å²) in [6.45, 7) is 1.62. The standard InChI is InChI=1S/C10H9N5O4/c1-5-9(10(17)14-11-5)13-12-7-4-6(15(18)19)2-3-8(7)16/h2-4H,1H3,(H3,11,12,13,14,16,17)/p+1. The van der Waals surface area contributed by atoms with Gasteiger partial charge in [0.05, 0.1) is 9.71 Å². The molecule has 1 aromatic carbocycles. The molecule has 19 heavy (non-hydrogen) atoms. The highest BCUT2D eigenvalue weighted by Gasteiger charge is 2.25. The molecule has 2 rings (SSSR count). The molecule has 0 radical (unpaired) electrons. The molecule has 0 bridgehead atoms. The molecule has 0 saturated carbocycles. The molecule has 0 atom stereocenters. The summed E-state index contributed by atoms with van der Waals surface area (Å²) in [6.07, 6.45) is 0. The predicted molar refractivity (Wildman–Crippen MR) is 64.5 cm³/mol. The van der Waals surface area contributed by atoms with E-state index in [1.165, 1.54) is 12.1 Å². The number of hydrogen-bond donors (Lipinski definition) is 4. The summed E-state index contributed by atoms with van der Waals surface area (Å²) >= 11 is 0. The number of aliphatic hydroxyl groups is 1. The molecular formula is C10H10N5O4+. The lowest BCUT2D eigenvalue weighted by atomic mass is 10.2. The van der Waals surface area contributed by atoms with Gasteiger partial charge in [-0.1, -0.05) is 0 Å². The van der Waals surface area contributed by atoms with Crippen molar-refractivity contribution in [2.24, 2.45) is 5.11 Å². The Labute approximate surface area is 106 Å². The zero-order chi connectivity index (χ0) is 14.0. The molecule has 98 valence electrons. The minimum absolute atomic E-state index is 0.0919. The molecule has 1 heterocycles. The number of hydrazine groups is 1. The molecule has 9 nitrogen and oxygen atoms in total. The Morgan fingerprint density at radius 1 is 1.37 bits per heavy atom. The van der Waals surface area contributed by atoms with Crippen LogP contribution in [0.2, 0.25) is 0 Å². The van der Waals surface area contributed by atoms with Crippen LogP contribution in [0.4, 0.5) is 11.4 Å². The smallest absolute Gasteiger partial charge is 0.369 e. The van der Waals surface area contributed by atoms with Crippen molar-refractivity contribution in [1.82, 2.24) is 5.43 Å². The highest BCUT2D eigenvalue weighted by atomic mass is 16.6. The summed E-state index contributed by atoms with van der Waals surface area (Å²) in [7, 11) is 0. The van der Waals surface area contributed by atoms with E-state index in [4.69, 9.17) is 0 Å². The van der Waals surface area contributed by atoms with Crippen molar-refractivity contribution in [3.63, 3.8) is 0 Å². The molecule has 0 unspecified atom stereocenters. The van der Waals surface area contributed by atoms with Crippen LogP contribution in [-0.2, 0) is 0 Å². The molecule has 1 aromatic rings. The van der Waals surface area contributed by atoms with Crippen LogP contribution < -0.4 is 10.9 Å². The lowest BCUT2D eigenvalue weighted by Crippen LogP contribution is -2.25. The van der Waals surface area contributed by atoms with Crippen LogP contribution in [-0.4, -0.2) is 25.6 Å². The van der Waals surface area contributed by atoms with Crippen LogP contribution >= 0.6 is 0 Å². The van der Waals surface area contributed by atoms with Crippen molar-refractivity contribution >= 4 is 17.1 Å². The first-order valence-corrected chi connectivity index (χ1v) is 5.17. The Kier molecular flexibility index (Phi) is 3.05. The average Bonchev–Trinajstić information content (AvgIpc) is 2.68. The van der Waals surface area contributed by atoms with Crippen molar-refractivity contribution in [2.45, 2.75) is 6.92 Å². The molecule has 0 spiro atoms. The summed E-state index contributed by atoms with van der Waals surface area (Å²) < 4.78 is 0. The Morgan fingerprint density at radius 3 is 2.68 bits per heavy atom. The second-order valence-electron chi connectivity index (χ2n) is 3.69. The van der Waals surface area contributed by atoms with E-state index in [2.05, 4.69) is 20.8 Å². The Balaban J connectivity index is 2.16. The lowest BCUT2D eigenvalue weighted by Gasteiger charge is -2.09. The van der Waals surface area contributed by atoms with E-state index in [9.17, 15) is 20.3 Å².